The van der Waals surface area contributed by atoms with Crippen molar-refractivity contribution in [2.75, 3.05) is 26.0 Å². The monoisotopic (exact) mass is 373 g/mol. The number of methoxy groups -OCH3 is 1. The van der Waals surface area contributed by atoms with Gasteiger partial charge in [0.1, 0.15) is 10.8 Å². The van der Waals surface area contributed by atoms with Gasteiger partial charge in [-0.1, -0.05) is 17.4 Å². The lowest BCUT2D eigenvalue weighted by Crippen LogP contribution is -2.29. The van der Waals surface area contributed by atoms with E-state index >= 15 is 0 Å². The Balaban J connectivity index is 1.63. The fourth-order valence-electron chi connectivity index (χ4n) is 2.46. The Morgan fingerprint density at radius 3 is 2.96 bits per heavy atom. The third-order valence-electron chi connectivity index (χ3n) is 3.59. The number of rotatable bonds is 6. The second kappa shape index (κ2) is 7.63. The number of benzene rings is 1. The van der Waals surface area contributed by atoms with Crippen LogP contribution in [0.3, 0.4) is 0 Å². The van der Waals surface area contributed by atoms with Gasteiger partial charge in [-0.2, -0.15) is 9.61 Å². The Morgan fingerprint density at radius 1 is 1.38 bits per heavy atom. The molecule has 0 aliphatic rings. The van der Waals surface area contributed by atoms with Crippen molar-refractivity contribution >= 4 is 27.9 Å². The first-order valence-corrected chi connectivity index (χ1v) is 8.75. The number of nitrogens with one attached hydrogen (secondary N) is 1. The lowest BCUT2D eigenvalue weighted by atomic mass is 10.3. The summed E-state index contributed by atoms with van der Waals surface area (Å²) < 4.78 is 6.43. The molecular weight excluding hydrogens is 354 g/mol. The highest BCUT2D eigenvalue weighted by Crippen LogP contribution is 2.17. The molecule has 0 saturated carbocycles. The molecule has 2 aromatic heterocycles. The van der Waals surface area contributed by atoms with Gasteiger partial charge < -0.3 is 10.1 Å². The van der Waals surface area contributed by atoms with E-state index in [1.165, 1.54) is 21.9 Å². The second-order valence-corrected chi connectivity index (χ2v) is 6.92. The lowest BCUT2D eigenvalue weighted by molar-refractivity contribution is -0.117. The standard InChI is InChI=1S/C17H19N5O3S/c1-11-7-16(24)22-17(18-11)26-15(20-22)10-21(2)9-14(23)19-12-5-4-6-13(8-12)25-3/h4-8H,9-10H2,1-3H3,(H,19,23). The summed E-state index contributed by atoms with van der Waals surface area (Å²) in [7, 11) is 3.40. The molecule has 0 spiro atoms. The smallest absolute Gasteiger partial charge is 0.275 e. The second-order valence-electron chi connectivity index (χ2n) is 5.88. The summed E-state index contributed by atoms with van der Waals surface area (Å²) in [6.45, 7) is 2.41. The van der Waals surface area contributed by atoms with Crippen LogP contribution in [-0.4, -0.2) is 46.1 Å². The number of ether oxygens (including phenoxy) is 1. The normalized spacial score (nSPS) is 11.1. The van der Waals surface area contributed by atoms with Gasteiger partial charge in [0.25, 0.3) is 5.56 Å². The highest BCUT2D eigenvalue weighted by molar-refractivity contribution is 7.16. The number of nitrogens with zero attached hydrogens (tertiary/aromatic N) is 4. The molecule has 2 heterocycles. The number of hydrogen-bond acceptors (Lipinski definition) is 7. The van der Waals surface area contributed by atoms with Crippen molar-refractivity contribution in [3.63, 3.8) is 0 Å². The molecule has 8 nitrogen and oxygen atoms in total. The molecule has 0 aliphatic carbocycles. The van der Waals surface area contributed by atoms with Gasteiger partial charge in [-0.15, -0.1) is 0 Å². The first kappa shape index (κ1) is 18.0. The third-order valence-corrected chi connectivity index (χ3v) is 4.48. The Kier molecular flexibility index (Phi) is 5.29. The summed E-state index contributed by atoms with van der Waals surface area (Å²) >= 11 is 1.34. The van der Waals surface area contributed by atoms with Crippen LogP contribution in [0.5, 0.6) is 5.75 Å². The van der Waals surface area contributed by atoms with Crippen LogP contribution in [0.1, 0.15) is 10.7 Å². The Hall–Kier alpha value is -2.78. The molecule has 0 bridgehead atoms. The Morgan fingerprint density at radius 2 is 2.19 bits per heavy atom. The summed E-state index contributed by atoms with van der Waals surface area (Å²) in [4.78, 5) is 30.8. The number of aromatic nitrogens is 3. The molecule has 0 aliphatic heterocycles. The van der Waals surface area contributed by atoms with Gasteiger partial charge in [0.15, 0.2) is 0 Å². The van der Waals surface area contributed by atoms with Crippen LogP contribution >= 0.6 is 11.3 Å². The molecule has 1 amide bonds. The highest BCUT2D eigenvalue weighted by Gasteiger charge is 2.12. The molecule has 0 unspecified atom stereocenters. The molecule has 26 heavy (non-hydrogen) atoms. The molecule has 1 aromatic carbocycles. The summed E-state index contributed by atoms with van der Waals surface area (Å²) in [6, 6.07) is 8.63. The number of carbonyl (C=O) groups is 1. The molecule has 9 heteroatoms. The van der Waals surface area contributed by atoms with Crippen molar-refractivity contribution in [3.05, 3.63) is 51.4 Å². The minimum atomic E-state index is -0.201. The molecule has 3 rings (SSSR count). The van der Waals surface area contributed by atoms with Crippen LogP contribution in [0.2, 0.25) is 0 Å². The molecule has 0 radical (unpaired) electrons. The van der Waals surface area contributed by atoms with Gasteiger partial charge in [-0.3, -0.25) is 14.5 Å². The molecule has 1 N–H and O–H groups in total. The maximum absolute atomic E-state index is 12.2. The van der Waals surface area contributed by atoms with E-state index in [-0.39, 0.29) is 18.0 Å². The van der Waals surface area contributed by atoms with Gasteiger partial charge >= 0.3 is 0 Å². The van der Waals surface area contributed by atoms with Crippen LogP contribution in [0.25, 0.3) is 4.96 Å². The average Bonchev–Trinajstić information content (AvgIpc) is 2.97. The van der Waals surface area contributed by atoms with E-state index in [9.17, 15) is 9.59 Å². The predicted octanol–water partition coefficient (Wildman–Crippen LogP) is 1.54. The number of carbonyl (C=O) groups excluding carboxylic acids is 1. The van der Waals surface area contributed by atoms with Gasteiger partial charge in [0.05, 0.1) is 20.2 Å². The first-order valence-electron chi connectivity index (χ1n) is 7.93. The zero-order chi connectivity index (χ0) is 18.7. The zero-order valence-electron chi connectivity index (χ0n) is 14.7. The summed E-state index contributed by atoms with van der Waals surface area (Å²) in [5, 5.41) is 7.83. The number of hydrogen-bond donors (Lipinski definition) is 1. The average molecular weight is 373 g/mol. The van der Waals surface area contributed by atoms with Gasteiger partial charge in [0.2, 0.25) is 10.9 Å². The molecule has 3 aromatic rings. The van der Waals surface area contributed by atoms with E-state index < -0.39 is 0 Å². The van der Waals surface area contributed by atoms with Crippen molar-refractivity contribution in [1.29, 1.82) is 0 Å². The van der Waals surface area contributed by atoms with E-state index in [1.54, 1.807) is 26.2 Å². The molecule has 136 valence electrons. The van der Waals surface area contributed by atoms with Crippen LogP contribution in [0, 0.1) is 6.92 Å². The van der Waals surface area contributed by atoms with Gasteiger partial charge in [-0.05, 0) is 26.1 Å². The van der Waals surface area contributed by atoms with Crippen molar-refractivity contribution in [1.82, 2.24) is 19.5 Å². The topological polar surface area (TPSA) is 88.8 Å². The van der Waals surface area contributed by atoms with Crippen LogP contribution in [0.4, 0.5) is 5.69 Å². The Bertz CT molecular complexity index is 997. The first-order chi connectivity index (χ1) is 12.4. The fraction of sp³-hybridized carbons (Fsp3) is 0.294. The van der Waals surface area contributed by atoms with Crippen molar-refractivity contribution in [2.24, 2.45) is 0 Å². The number of anilines is 1. The summed E-state index contributed by atoms with van der Waals surface area (Å²) in [5.74, 6) is 0.534. The maximum atomic E-state index is 12.2. The number of likely N-dealkylation sites (N-methyl/N-ethyl adjacent to an activating group) is 1. The molecule has 0 fully saturated rings. The zero-order valence-corrected chi connectivity index (χ0v) is 15.5. The highest BCUT2D eigenvalue weighted by atomic mass is 32.1. The number of aryl methyl sites for hydroxylation is 1. The van der Waals surface area contributed by atoms with Gasteiger partial charge in [-0.25, -0.2) is 4.98 Å². The van der Waals surface area contributed by atoms with Crippen LogP contribution < -0.4 is 15.6 Å². The van der Waals surface area contributed by atoms with Crippen molar-refractivity contribution in [2.45, 2.75) is 13.5 Å². The molecule has 0 saturated heterocycles. The van der Waals surface area contributed by atoms with E-state index in [4.69, 9.17) is 4.74 Å². The van der Waals surface area contributed by atoms with Crippen molar-refractivity contribution in [3.8, 4) is 5.75 Å². The fourth-order valence-corrected chi connectivity index (χ4v) is 3.48. The molecule has 0 atom stereocenters. The minimum absolute atomic E-state index is 0.145. The third kappa shape index (κ3) is 4.24. The lowest BCUT2D eigenvalue weighted by Gasteiger charge is -2.14. The van der Waals surface area contributed by atoms with E-state index in [0.29, 0.717) is 28.6 Å². The predicted molar refractivity (Wildman–Crippen MR) is 99.8 cm³/mol. The van der Waals surface area contributed by atoms with Crippen molar-refractivity contribution < 1.29 is 9.53 Å². The van der Waals surface area contributed by atoms with Crippen LogP contribution in [0.15, 0.2) is 35.1 Å². The number of fused-ring (bicyclic) bond motifs is 1. The summed E-state index contributed by atoms with van der Waals surface area (Å²) in [5.41, 5.74) is 1.14. The maximum Gasteiger partial charge on any atom is 0.275 e. The minimum Gasteiger partial charge on any atom is -0.497 e. The van der Waals surface area contributed by atoms with E-state index in [2.05, 4.69) is 15.4 Å². The quantitative estimate of drug-likeness (QED) is 0.705. The number of amides is 1. The summed E-state index contributed by atoms with van der Waals surface area (Å²) in [6.07, 6.45) is 0. The molecular formula is C17H19N5O3S. The van der Waals surface area contributed by atoms with E-state index in [0.717, 1.165) is 5.01 Å². The largest absolute Gasteiger partial charge is 0.497 e. The van der Waals surface area contributed by atoms with Gasteiger partial charge in [0, 0.05) is 23.5 Å². The van der Waals surface area contributed by atoms with E-state index in [1.807, 2.05) is 24.1 Å². The Labute approximate surface area is 154 Å². The SMILES string of the molecule is COc1cccc(NC(=O)CN(C)Cc2nn3c(=O)cc(C)nc3s2)c1. The van der Waals surface area contributed by atoms with Crippen LogP contribution in [-0.2, 0) is 11.3 Å².